The molecule has 4 N–H and O–H groups in total. The van der Waals surface area contributed by atoms with Crippen LogP contribution in [0.3, 0.4) is 0 Å². The summed E-state index contributed by atoms with van der Waals surface area (Å²) in [6.45, 7) is 1.75. The molecule has 1 amide bonds. The van der Waals surface area contributed by atoms with Crippen molar-refractivity contribution in [3.8, 4) is 11.3 Å². The highest BCUT2D eigenvalue weighted by atomic mass is 35.5. The Bertz CT molecular complexity index is 702. The Balaban J connectivity index is 1.45. The lowest BCUT2D eigenvalue weighted by Gasteiger charge is -2.29. The summed E-state index contributed by atoms with van der Waals surface area (Å²) >= 11 is 5.88. The van der Waals surface area contributed by atoms with Crippen LogP contribution in [0.1, 0.15) is 12.2 Å². The van der Waals surface area contributed by atoms with Gasteiger partial charge in [0.15, 0.2) is 0 Å². The lowest BCUT2D eigenvalue weighted by atomic mass is 10.1. The van der Waals surface area contributed by atoms with Gasteiger partial charge in [-0.1, -0.05) is 11.6 Å². The van der Waals surface area contributed by atoms with E-state index in [4.69, 9.17) is 26.5 Å². The fourth-order valence-electron chi connectivity index (χ4n) is 2.68. The molecule has 1 aliphatic rings. The molecule has 25 heavy (non-hydrogen) atoms. The van der Waals surface area contributed by atoms with Gasteiger partial charge in [0.05, 0.1) is 19.7 Å². The zero-order valence-electron chi connectivity index (χ0n) is 13.8. The van der Waals surface area contributed by atoms with E-state index in [1.165, 1.54) is 0 Å². The number of carbonyl (C=O) groups excluding carboxylic acids is 1. The molecule has 0 bridgehead atoms. The fourth-order valence-corrected chi connectivity index (χ4v) is 2.81. The van der Waals surface area contributed by atoms with Gasteiger partial charge in [0, 0.05) is 29.3 Å². The summed E-state index contributed by atoms with van der Waals surface area (Å²) in [5.74, 6) is 1.32. The average molecular weight is 364 g/mol. The van der Waals surface area contributed by atoms with E-state index in [0.717, 1.165) is 17.7 Å². The molecule has 2 aromatic rings. The van der Waals surface area contributed by atoms with Crippen LogP contribution in [0.15, 0.2) is 40.8 Å². The third kappa shape index (κ3) is 5.06. The smallest absolute Gasteiger partial charge is 0.234 e. The standard InChI is InChI=1S/C18H22ClN3O3/c19-13-3-1-12(2-4-13)17-6-5-14(25-17)9-22-18(23)10-21-16-11-24-8-7-15(16)20/h1-6,15-16,21H,7-11,20H2,(H,22,23)/t15-,16+/m1/s1. The Labute approximate surface area is 151 Å². The maximum absolute atomic E-state index is 12.0. The Kier molecular flexibility index (Phi) is 6.09. The monoisotopic (exact) mass is 363 g/mol. The summed E-state index contributed by atoms with van der Waals surface area (Å²) in [4.78, 5) is 12.0. The molecule has 1 aromatic carbocycles. The fraction of sp³-hybridized carbons (Fsp3) is 0.389. The van der Waals surface area contributed by atoms with Crippen molar-refractivity contribution in [1.29, 1.82) is 0 Å². The first kappa shape index (κ1) is 17.9. The molecular formula is C18H22ClN3O3. The Hall–Kier alpha value is -1.86. The zero-order chi connectivity index (χ0) is 17.6. The number of furan rings is 1. The van der Waals surface area contributed by atoms with E-state index >= 15 is 0 Å². The van der Waals surface area contributed by atoms with Gasteiger partial charge in [-0.25, -0.2) is 0 Å². The molecule has 0 radical (unpaired) electrons. The Morgan fingerprint density at radius 2 is 2.04 bits per heavy atom. The van der Waals surface area contributed by atoms with Crippen LogP contribution < -0.4 is 16.4 Å². The van der Waals surface area contributed by atoms with Gasteiger partial charge in [-0.15, -0.1) is 0 Å². The van der Waals surface area contributed by atoms with Gasteiger partial charge in [-0.3, -0.25) is 4.79 Å². The Morgan fingerprint density at radius 3 is 2.80 bits per heavy atom. The average Bonchev–Trinajstić information content (AvgIpc) is 3.09. The minimum Gasteiger partial charge on any atom is -0.459 e. The number of carbonyl (C=O) groups is 1. The minimum absolute atomic E-state index is 0.0135. The molecule has 2 atom stereocenters. The van der Waals surface area contributed by atoms with Crippen LogP contribution in [0, 0.1) is 0 Å². The Morgan fingerprint density at radius 1 is 1.24 bits per heavy atom. The van der Waals surface area contributed by atoms with Gasteiger partial charge >= 0.3 is 0 Å². The number of nitrogens with one attached hydrogen (secondary N) is 2. The third-order valence-electron chi connectivity index (χ3n) is 4.18. The van der Waals surface area contributed by atoms with E-state index in [0.29, 0.717) is 30.5 Å². The van der Waals surface area contributed by atoms with Crippen molar-refractivity contribution >= 4 is 17.5 Å². The first-order valence-electron chi connectivity index (χ1n) is 8.30. The summed E-state index contributed by atoms with van der Waals surface area (Å²) < 4.78 is 11.1. The van der Waals surface area contributed by atoms with E-state index in [2.05, 4.69) is 10.6 Å². The summed E-state index contributed by atoms with van der Waals surface area (Å²) in [6, 6.07) is 11.2. The second kappa shape index (κ2) is 8.49. The molecule has 2 heterocycles. The highest BCUT2D eigenvalue weighted by molar-refractivity contribution is 6.30. The summed E-state index contributed by atoms with van der Waals surface area (Å²) in [5, 5.41) is 6.65. The molecule has 3 rings (SSSR count). The number of hydrogen-bond donors (Lipinski definition) is 3. The zero-order valence-corrected chi connectivity index (χ0v) is 14.6. The van der Waals surface area contributed by atoms with Crippen molar-refractivity contribution in [2.24, 2.45) is 5.73 Å². The highest BCUT2D eigenvalue weighted by Crippen LogP contribution is 2.23. The molecule has 7 heteroatoms. The second-order valence-corrected chi connectivity index (χ2v) is 6.50. The first-order chi connectivity index (χ1) is 12.1. The van der Waals surface area contributed by atoms with E-state index in [9.17, 15) is 4.79 Å². The summed E-state index contributed by atoms with van der Waals surface area (Å²) in [5.41, 5.74) is 6.94. The maximum atomic E-state index is 12.0. The predicted molar refractivity (Wildman–Crippen MR) is 96.2 cm³/mol. The van der Waals surface area contributed by atoms with Crippen molar-refractivity contribution in [3.63, 3.8) is 0 Å². The van der Waals surface area contributed by atoms with Gasteiger partial charge < -0.3 is 25.5 Å². The predicted octanol–water partition coefficient (Wildman–Crippen LogP) is 1.92. The maximum Gasteiger partial charge on any atom is 0.234 e. The molecule has 0 aliphatic carbocycles. The van der Waals surface area contributed by atoms with Gasteiger partial charge in [0.1, 0.15) is 11.5 Å². The highest BCUT2D eigenvalue weighted by Gasteiger charge is 2.22. The van der Waals surface area contributed by atoms with Crippen molar-refractivity contribution in [2.45, 2.75) is 25.0 Å². The van der Waals surface area contributed by atoms with Crippen molar-refractivity contribution in [2.75, 3.05) is 19.8 Å². The lowest BCUT2D eigenvalue weighted by molar-refractivity contribution is -0.120. The van der Waals surface area contributed by atoms with Crippen molar-refractivity contribution in [1.82, 2.24) is 10.6 Å². The van der Waals surface area contributed by atoms with Gasteiger partial charge in [0.2, 0.25) is 5.91 Å². The number of benzene rings is 1. The van der Waals surface area contributed by atoms with Crippen LogP contribution in [0.5, 0.6) is 0 Å². The number of nitrogens with two attached hydrogens (primary N) is 1. The topological polar surface area (TPSA) is 89.5 Å². The molecule has 134 valence electrons. The van der Waals surface area contributed by atoms with Crippen molar-refractivity contribution < 1.29 is 13.9 Å². The minimum atomic E-state index is -0.109. The molecule has 1 aliphatic heterocycles. The van der Waals surface area contributed by atoms with Crippen LogP contribution in [0.25, 0.3) is 11.3 Å². The largest absolute Gasteiger partial charge is 0.459 e. The first-order valence-corrected chi connectivity index (χ1v) is 8.67. The second-order valence-electron chi connectivity index (χ2n) is 6.06. The normalized spacial score (nSPS) is 20.4. The number of ether oxygens (including phenoxy) is 1. The summed E-state index contributed by atoms with van der Waals surface area (Å²) in [6.07, 6.45) is 0.805. The molecule has 1 fully saturated rings. The molecule has 1 aromatic heterocycles. The van der Waals surface area contributed by atoms with Crippen LogP contribution in [-0.4, -0.2) is 37.7 Å². The quantitative estimate of drug-likeness (QED) is 0.729. The SMILES string of the molecule is N[C@@H]1CCOC[C@@H]1NCC(=O)NCc1ccc(-c2ccc(Cl)cc2)o1. The van der Waals surface area contributed by atoms with E-state index in [-0.39, 0.29) is 24.5 Å². The van der Waals surface area contributed by atoms with E-state index < -0.39 is 0 Å². The van der Waals surface area contributed by atoms with Crippen LogP contribution in [-0.2, 0) is 16.1 Å². The van der Waals surface area contributed by atoms with Crippen LogP contribution in [0.2, 0.25) is 5.02 Å². The van der Waals surface area contributed by atoms with Crippen molar-refractivity contribution in [3.05, 3.63) is 47.2 Å². The van der Waals surface area contributed by atoms with Gasteiger partial charge in [0.25, 0.3) is 0 Å². The number of amides is 1. The molecule has 6 nitrogen and oxygen atoms in total. The van der Waals surface area contributed by atoms with Gasteiger partial charge in [-0.05, 0) is 42.8 Å². The van der Waals surface area contributed by atoms with Gasteiger partial charge in [-0.2, -0.15) is 0 Å². The van der Waals surface area contributed by atoms with Crippen LogP contribution >= 0.6 is 11.6 Å². The summed E-state index contributed by atoms with van der Waals surface area (Å²) in [7, 11) is 0. The number of hydrogen-bond acceptors (Lipinski definition) is 5. The molecule has 0 unspecified atom stereocenters. The molecule has 1 saturated heterocycles. The van der Waals surface area contributed by atoms with E-state index in [1.54, 1.807) is 0 Å². The molecule has 0 spiro atoms. The van der Waals surface area contributed by atoms with E-state index in [1.807, 2.05) is 36.4 Å². The number of rotatable bonds is 6. The number of halogens is 1. The molecule has 0 saturated carbocycles. The lowest BCUT2D eigenvalue weighted by Crippen LogP contribution is -2.53. The van der Waals surface area contributed by atoms with Crippen LogP contribution in [0.4, 0.5) is 0 Å². The third-order valence-corrected chi connectivity index (χ3v) is 4.44. The molecular weight excluding hydrogens is 342 g/mol.